The van der Waals surface area contributed by atoms with Gasteiger partial charge in [-0.25, -0.2) is 0 Å². The van der Waals surface area contributed by atoms with Gasteiger partial charge in [-0.15, -0.1) is 0 Å². The molecule has 2 aliphatic carbocycles. The van der Waals surface area contributed by atoms with Crippen LogP contribution in [0, 0.1) is 24.7 Å². The quantitative estimate of drug-likeness (QED) is 0.787. The van der Waals surface area contributed by atoms with Crippen LogP contribution >= 0.6 is 0 Å². The maximum Gasteiger partial charge on any atom is 0.224 e. The van der Waals surface area contributed by atoms with Crippen molar-refractivity contribution >= 4 is 16.9 Å². The summed E-state index contributed by atoms with van der Waals surface area (Å²) in [6.07, 6.45) is 7.61. The van der Waals surface area contributed by atoms with Gasteiger partial charge in [-0.05, 0) is 80.0 Å². The monoisotopic (exact) mass is 353 g/mol. The van der Waals surface area contributed by atoms with E-state index in [-0.39, 0.29) is 11.9 Å². The lowest BCUT2D eigenvalue weighted by molar-refractivity contribution is -0.121. The van der Waals surface area contributed by atoms with Crippen LogP contribution in [0.4, 0.5) is 0 Å². The second-order valence-electron chi connectivity index (χ2n) is 8.99. The van der Waals surface area contributed by atoms with Gasteiger partial charge in [0.15, 0.2) is 0 Å². The number of hydrogen-bond donors (Lipinski definition) is 1. The van der Waals surface area contributed by atoms with E-state index >= 15 is 0 Å². The third-order valence-corrected chi connectivity index (χ3v) is 6.84. The van der Waals surface area contributed by atoms with Gasteiger partial charge >= 0.3 is 0 Å². The minimum absolute atomic E-state index is 0.120. The van der Waals surface area contributed by atoms with Gasteiger partial charge in [-0.3, -0.25) is 4.79 Å². The van der Waals surface area contributed by atoms with Gasteiger partial charge in [-0.1, -0.05) is 20.3 Å². The number of benzene rings is 1. The Bertz CT molecular complexity index is 819. The van der Waals surface area contributed by atoms with E-state index in [1.165, 1.54) is 36.8 Å². The Labute approximate surface area is 156 Å². The molecule has 0 saturated heterocycles. The molecule has 0 unspecified atom stereocenters. The molecule has 0 radical (unpaired) electrons. The van der Waals surface area contributed by atoms with Crippen molar-refractivity contribution < 1.29 is 9.21 Å². The summed E-state index contributed by atoms with van der Waals surface area (Å²) in [5, 5.41) is 4.36. The molecule has 3 heteroatoms. The summed E-state index contributed by atoms with van der Waals surface area (Å²) < 4.78 is 5.73. The molecule has 2 aliphatic rings. The van der Waals surface area contributed by atoms with Crippen LogP contribution in [0.5, 0.6) is 0 Å². The maximum absolute atomic E-state index is 12.7. The summed E-state index contributed by atoms with van der Waals surface area (Å²) in [6.45, 7) is 8.73. The van der Waals surface area contributed by atoms with Crippen molar-refractivity contribution in [1.82, 2.24) is 5.32 Å². The summed E-state index contributed by atoms with van der Waals surface area (Å²) in [5.74, 6) is 3.01. The number of carbonyl (C=O) groups is 1. The minimum atomic E-state index is 0.120. The lowest BCUT2D eigenvalue weighted by atomic mass is 9.84. The summed E-state index contributed by atoms with van der Waals surface area (Å²) in [5.41, 5.74) is 4.47. The van der Waals surface area contributed by atoms with E-state index in [0.717, 1.165) is 28.4 Å². The number of aryl methyl sites for hydroxylation is 1. The van der Waals surface area contributed by atoms with Crippen LogP contribution in [0.1, 0.15) is 69.1 Å². The van der Waals surface area contributed by atoms with Crippen LogP contribution in [0.25, 0.3) is 11.0 Å². The summed E-state index contributed by atoms with van der Waals surface area (Å²) in [6, 6.07) is 4.59. The highest BCUT2D eigenvalue weighted by Gasteiger charge is 2.42. The van der Waals surface area contributed by atoms with Crippen molar-refractivity contribution in [3.63, 3.8) is 0 Å². The van der Waals surface area contributed by atoms with Crippen molar-refractivity contribution in [2.45, 2.75) is 71.8 Å². The van der Waals surface area contributed by atoms with Gasteiger partial charge in [0.05, 0.1) is 12.7 Å². The number of fused-ring (bicyclic) bond motifs is 3. The van der Waals surface area contributed by atoms with E-state index in [1.807, 2.05) is 0 Å². The Morgan fingerprint density at radius 1 is 1.23 bits per heavy atom. The molecule has 2 aromatic rings. The van der Waals surface area contributed by atoms with Gasteiger partial charge < -0.3 is 9.73 Å². The Morgan fingerprint density at radius 2 is 2.04 bits per heavy atom. The molecule has 2 saturated carbocycles. The number of hydrogen-bond acceptors (Lipinski definition) is 2. The molecule has 4 atom stereocenters. The molecule has 1 aromatic carbocycles. The highest BCUT2D eigenvalue weighted by atomic mass is 16.3. The van der Waals surface area contributed by atoms with Crippen molar-refractivity contribution in [3.05, 3.63) is 35.1 Å². The van der Waals surface area contributed by atoms with Crippen LogP contribution in [0.3, 0.4) is 0 Å². The topological polar surface area (TPSA) is 42.2 Å². The number of furan rings is 1. The molecule has 2 bridgehead atoms. The lowest BCUT2D eigenvalue weighted by Crippen LogP contribution is -2.40. The van der Waals surface area contributed by atoms with Gasteiger partial charge in [0.2, 0.25) is 5.91 Å². The lowest BCUT2D eigenvalue weighted by Gasteiger charge is -2.28. The van der Waals surface area contributed by atoms with E-state index < -0.39 is 0 Å². The first-order valence-corrected chi connectivity index (χ1v) is 10.2. The van der Waals surface area contributed by atoms with Crippen molar-refractivity contribution in [2.24, 2.45) is 17.8 Å². The highest BCUT2D eigenvalue weighted by Crippen LogP contribution is 2.49. The molecule has 1 heterocycles. The highest BCUT2D eigenvalue weighted by molar-refractivity contribution is 5.88. The smallest absolute Gasteiger partial charge is 0.224 e. The summed E-state index contributed by atoms with van der Waals surface area (Å²) in [7, 11) is 0. The van der Waals surface area contributed by atoms with Gasteiger partial charge in [-0.2, -0.15) is 0 Å². The van der Waals surface area contributed by atoms with Crippen LogP contribution in [0.2, 0.25) is 0 Å². The van der Waals surface area contributed by atoms with Crippen LogP contribution in [0.15, 0.2) is 22.8 Å². The van der Waals surface area contributed by atoms with Crippen molar-refractivity contribution in [2.75, 3.05) is 0 Å². The molecule has 26 heavy (non-hydrogen) atoms. The molecule has 0 aliphatic heterocycles. The second kappa shape index (κ2) is 6.75. The number of carbonyl (C=O) groups excluding carboxylic acids is 1. The Morgan fingerprint density at radius 3 is 2.69 bits per heavy atom. The van der Waals surface area contributed by atoms with Crippen molar-refractivity contribution in [1.29, 1.82) is 0 Å². The SMILES string of the molecule is Cc1cc2occ(CC(=O)N[C@@H](C)[C@@H]3C[C@H]4CC[C@H]3C4)c2cc1C(C)C. The molecule has 1 N–H and O–H groups in total. The zero-order valence-electron chi connectivity index (χ0n) is 16.5. The normalized spacial score (nSPS) is 26.0. The predicted molar refractivity (Wildman–Crippen MR) is 105 cm³/mol. The minimum Gasteiger partial charge on any atom is -0.464 e. The maximum atomic E-state index is 12.7. The summed E-state index contributed by atoms with van der Waals surface area (Å²) in [4.78, 5) is 12.7. The number of rotatable bonds is 5. The Kier molecular flexibility index (Phi) is 4.58. The fourth-order valence-corrected chi connectivity index (χ4v) is 5.49. The fraction of sp³-hybridized carbons (Fsp3) is 0.609. The average molecular weight is 354 g/mol. The third-order valence-electron chi connectivity index (χ3n) is 6.84. The number of nitrogens with one attached hydrogen (secondary N) is 1. The van der Waals surface area contributed by atoms with E-state index in [2.05, 4.69) is 45.1 Å². The molecule has 3 nitrogen and oxygen atoms in total. The Hall–Kier alpha value is -1.77. The van der Waals surface area contributed by atoms with Crippen molar-refractivity contribution in [3.8, 4) is 0 Å². The first-order chi connectivity index (χ1) is 12.4. The third kappa shape index (κ3) is 3.17. The van der Waals surface area contributed by atoms with E-state index in [4.69, 9.17) is 4.42 Å². The molecule has 1 amide bonds. The standard InChI is InChI=1S/C23H31NO2/c1-13(2)19-11-21-18(12-26-22(21)7-14(19)3)10-23(25)24-15(4)20-9-16-5-6-17(20)8-16/h7,11-13,15-17,20H,5-6,8-10H2,1-4H3,(H,24,25)/t15-,16-,17-,20-/m0/s1. The summed E-state index contributed by atoms with van der Waals surface area (Å²) >= 11 is 0. The first-order valence-electron chi connectivity index (χ1n) is 10.2. The molecule has 4 rings (SSSR count). The largest absolute Gasteiger partial charge is 0.464 e. The fourth-order valence-electron chi connectivity index (χ4n) is 5.49. The molecular weight excluding hydrogens is 322 g/mol. The Balaban J connectivity index is 1.46. The van der Waals surface area contributed by atoms with Crippen LogP contribution in [-0.2, 0) is 11.2 Å². The second-order valence-corrected chi connectivity index (χ2v) is 8.99. The van der Waals surface area contributed by atoms with E-state index in [9.17, 15) is 4.79 Å². The van der Waals surface area contributed by atoms with Gasteiger partial charge in [0, 0.05) is 17.0 Å². The zero-order chi connectivity index (χ0) is 18.4. The average Bonchev–Trinajstić information content (AvgIpc) is 3.29. The van der Waals surface area contributed by atoms with Crippen LogP contribution < -0.4 is 5.32 Å². The molecule has 0 spiro atoms. The number of amides is 1. The molecule has 1 aromatic heterocycles. The zero-order valence-corrected chi connectivity index (χ0v) is 16.5. The van der Waals surface area contributed by atoms with E-state index in [1.54, 1.807) is 6.26 Å². The predicted octanol–water partition coefficient (Wildman–Crippen LogP) is 5.35. The molecular formula is C23H31NO2. The van der Waals surface area contributed by atoms with E-state index in [0.29, 0.717) is 18.3 Å². The van der Waals surface area contributed by atoms with Gasteiger partial charge in [0.25, 0.3) is 0 Å². The first kappa shape index (κ1) is 17.6. The molecule has 140 valence electrons. The van der Waals surface area contributed by atoms with Gasteiger partial charge in [0.1, 0.15) is 5.58 Å². The van der Waals surface area contributed by atoms with Crippen LogP contribution in [-0.4, -0.2) is 11.9 Å². The molecule has 2 fully saturated rings.